The first-order chi connectivity index (χ1) is 16.1. The van der Waals surface area contributed by atoms with Crippen LogP contribution in [0.2, 0.25) is 0 Å². The zero-order chi connectivity index (χ0) is 25.8. The topological polar surface area (TPSA) is 43.4 Å². The monoisotopic (exact) mass is 482 g/mol. The Kier molecular flexibility index (Phi) is 5.62. The Morgan fingerprint density at radius 2 is 1.60 bits per heavy atom. The van der Waals surface area contributed by atoms with E-state index in [9.17, 15) is 9.59 Å². The summed E-state index contributed by atoms with van der Waals surface area (Å²) in [6, 6.07) is 0. The Morgan fingerprint density at radius 1 is 0.914 bits per heavy atom. The van der Waals surface area contributed by atoms with Gasteiger partial charge in [-0.3, -0.25) is 9.59 Å². The maximum Gasteiger partial charge on any atom is 0.302 e. The summed E-state index contributed by atoms with van der Waals surface area (Å²) in [5, 5.41) is 0. The lowest BCUT2D eigenvalue weighted by atomic mass is 9.33. The highest BCUT2D eigenvalue weighted by Crippen LogP contribution is 2.75. The summed E-state index contributed by atoms with van der Waals surface area (Å²) in [7, 11) is 0. The van der Waals surface area contributed by atoms with E-state index < -0.39 is 0 Å². The molecule has 10 atom stereocenters. The molecule has 0 saturated heterocycles. The Hall–Kier alpha value is -1.12. The third-order valence-corrected chi connectivity index (χ3v) is 13.4. The summed E-state index contributed by atoms with van der Waals surface area (Å²) in [6.45, 7) is 21.0. The average Bonchev–Trinajstić information content (AvgIpc) is 2.74. The van der Waals surface area contributed by atoms with Crippen LogP contribution in [0.4, 0.5) is 0 Å². The number of carbonyl (C=O) groups is 2. The van der Waals surface area contributed by atoms with E-state index in [2.05, 4.69) is 61.5 Å². The van der Waals surface area contributed by atoms with Crippen LogP contribution in [-0.2, 0) is 14.3 Å². The summed E-state index contributed by atoms with van der Waals surface area (Å²) >= 11 is 0. The molecule has 4 saturated carbocycles. The SMILES string of the molecule is CC(=O)OC1CCC2(C)C(CCC3(C)C2C(=O)C=C2C4C(C)C(C)CCC4(C)CCC23C)C1(C)C. The molecule has 0 aromatic rings. The fraction of sp³-hybridized carbons (Fsp3) is 0.875. The van der Waals surface area contributed by atoms with E-state index in [-0.39, 0.29) is 39.7 Å². The van der Waals surface area contributed by atoms with Gasteiger partial charge < -0.3 is 4.74 Å². The highest BCUT2D eigenvalue weighted by Gasteiger charge is 2.70. The van der Waals surface area contributed by atoms with Crippen molar-refractivity contribution in [2.45, 2.75) is 120 Å². The van der Waals surface area contributed by atoms with Gasteiger partial charge in [0.15, 0.2) is 5.78 Å². The molecule has 0 heterocycles. The molecule has 0 aromatic carbocycles. The quantitative estimate of drug-likeness (QED) is 0.358. The van der Waals surface area contributed by atoms with Crippen molar-refractivity contribution in [3.8, 4) is 0 Å². The molecule has 3 nitrogen and oxygen atoms in total. The molecule has 196 valence electrons. The number of ketones is 1. The van der Waals surface area contributed by atoms with E-state index in [1.165, 1.54) is 38.2 Å². The minimum atomic E-state index is -0.178. The molecule has 0 amide bonds. The third kappa shape index (κ3) is 3.21. The van der Waals surface area contributed by atoms with Crippen molar-refractivity contribution >= 4 is 11.8 Å². The second-order valence-electron chi connectivity index (χ2n) is 15.2. The van der Waals surface area contributed by atoms with E-state index in [0.29, 0.717) is 29.0 Å². The first-order valence-corrected chi connectivity index (χ1v) is 14.5. The lowest BCUT2D eigenvalue weighted by Crippen LogP contribution is -2.67. The molecule has 0 aliphatic heterocycles. The smallest absolute Gasteiger partial charge is 0.302 e. The van der Waals surface area contributed by atoms with Gasteiger partial charge >= 0.3 is 5.97 Å². The molecule has 0 bridgehead atoms. The summed E-state index contributed by atoms with van der Waals surface area (Å²) in [6.07, 6.45) is 11.3. The Bertz CT molecular complexity index is 962. The molecule has 4 fully saturated rings. The molecule has 0 N–H and O–H groups in total. The number of hydrogen-bond donors (Lipinski definition) is 0. The standard InChI is InChI=1S/C32H50O3/c1-19-10-13-29(6)16-17-31(8)22(26(29)20(19)2)18-23(34)27-30(7)14-12-25(35-21(3)33)28(4,5)24(30)11-15-32(27,31)9/h18-20,24-27H,10-17H2,1-9H3. The van der Waals surface area contributed by atoms with Crippen LogP contribution in [0.3, 0.4) is 0 Å². The second kappa shape index (κ2) is 7.70. The maximum atomic E-state index is 14.4. The van der Waals surface area contributed by atoms with Crippen molar-refractivity contribution in [3.63, 3.8) is 0 Å². The Morgan fingerprint density at radius 3 is 2.26 bits per heavy atom. The molecule has 0 spiro atoms. The Labute approximate surface area is 214 Å². The second-order valence-corrected chi connectivity index (χ2v) is 15.2. The van der Waals surface area contributed by atoms with Crippen molar-refractivity contribution in [1.29, 1.82) is 0 Å². The highest BCUT2D eigenvalue weighted by molar-refractivity contribution is 5.95. The van der Waals surface area contributed by atoms with Crippen LogP contribution in [0, 0.1) is 56.7 Å². The fourth-order valence-electron chi connectivity index (χ4n) is 11.1. The predicted octanol–water partition coefficient (Wildman–Crippen LogP) is 7.77. The maximum absolute atomic E-state index is 14.4. The van der Waals surface area contributed by atoms with E-state index in [4.69, 9.17) is 4.74 Å². The van der Waals surface area contributed by atoms with Crippen molar-refractivity contribution in [2.75, 3.05) is 0 Å². The van der Waals surface area contributed by atoms with Crippen molar-refractivity contribution in [3.05, 3.63) is 11.6 Å². The molecule has 35 heavy (non-hydrogen) atoms. The van der Waals surface area contributed by atoms with Gasteiger partial charge in [0.1, 0.15) is 6.10 Å². The van der Waals surface area contributed by atoms with Crippen LogP contribution in [0.5, 0.6) is 0 Å². The van der Waals surface area contributed by atoms with E-state index in [0.717, 1.165) is 31.6 Å². The molecular formula is C32H50O3. The minimum Gasteiger partial charge on any atom is -0.462 e. The van der Waals surface area contributed by atoms with Crippen molar-refractivity contribution < 1.29 is 14.3 Å². The number of carbonyl (C=O) groups excluding carboxylic acids is 2. The van der Waals surface area contributed by atoms with E-state index in [1.807, 2.05) is 0 Å². The van der Waals surface area contributed by atoms with Gasteiger partial charge in [0.05, 0.1) is 0 Å². The summed E-state index contributed by atoms with van der Waals surface area (Å²) in [5.74, 6) is 2.57. The molecule has 5 aliphatic carbocycles. The van der Waals surface area contributed by atoms with E-state index >= 15 is 0 Å². The lowest BCUT2D eigenvalue weighted by molar-refractivity contribution is -0.210. The number of esters is 1. The Balaban J connectivity index is 1.59. The fourth-order valence-corrected chi connectivity index (χ4v) is 11.1. The van der Waals surface area contributed by atoms with Crippen LogP contribution in [0.25, 0.3) is 0 Å². The molecular weight excluding hydrogens is 432 g/mol. The molecule has 0 radical (unpaired) electrons. The molecule has 10 unspecified atom stereocenters. The van der Waals surface area contributed by atoms with Crippen molar-refractivity contribution in [1.82, 2.24) is 0 Å². The van der Waals surface area contributed by atoms with Crippen LogP contribution in [-0.4, -0.2) is 17.9 Å². The predicted molar refractivity (Wildman–Crippen MR) is 141 cm³/mol. The third-order valence-electron chi connectivity index (χ3n) is 13.4. The lowest BCUT2D eigenvalue weighted by Gasteiger charge is -2.70. The summed E-state index contributed by atoms with van der Waals surface area (Å²) in [4.78, 5) is 26.2. The molecule has 5 rings (SSSR count). The van der Waals surface area contributed by atoms with Gasteiger partial charge in [0.25, 0.3) is 0 Å². The van der Waals surface area contributed by atoms with Gasteiger partial charge in [-0.05, 0) is 103 Å². The van der Waals surface area contributed by atoms with Crippen LogP contribution in [0.1, 0.15) is 114 Å². The van der Waals surface area contributed by atoms with Crippen LogP contribution < -0.4 is 0 Å². The minimum absolute atomic E-state index is 0.00843. The van der Waals surface area contributed by atoms with E-state index in [1.54, 1.807) is 0 Å². The number of fused-ring (bicyclic) bond motifs is 7. The van der Waals surface area contributed by atoms with Crippen LogP contribution in [0.15, 0.2) is 11.6 Å². The highest BCUT2D eigenvalue weighted by atomic mass is 16.5. The number of ether oxygens (including phenoxy) is 1. The summed E-state index contributed by atoms with van der Waals surface area (Å²) in [5.41, 5.74) is 1.76. The zero-order valence-electron chi connectivity index (χ0n) is 23.9. The number of allylic oxidation sites excluding steroid dienone is 2. The first-order valence-electron chi connectivity index (χ1n) is 14.5. The van der Waals surface area contributed by atoms with Gasteiger partial charge in [-0.15, -0.1) is 0 Å². The number of rotatable bonds is 1. The van der Waals surface area contributed by atoms with Gasteiger partial charge in [-0.25, -0.2) is 0 Å². The first kappa shape index (κ1) is 25.5. The van der Waals surface area contributed by atoms with Crippen LogP contribution >= 0.6 is 0 Å². The average molecular weight is 483 g/mol. The van der Waals surface area contributed by atoms with Crippen molar-refractivity contribution in [2.24, 2.45) is 56.7 Å². The van der Waals surface area contributed by atoms with Gasteiger partial charge in [0.2, 0.25) is 0 Å². The zero-order valence-corrected chi connectivity index (χ0v) is 23.9. The largest absolute Gasteiger partial charge is 0.462 e. The molecule has 5 aliphatic rings. The number of hydrogen-bond acceptors (Lipinski definition) is 3. The summed E-state index contributed by atoms with van der Waals surface area (Å²) < 4.78 is 5.85. The van der Waals surface area contributed by atoms with Gasteiger partial charge in [-0.2, -0.15) is 0 Å². The van der Waals surface area contributed by atoms with Gasteiger partial charge in [-0.1, -0.05) is 61.0 Å². The van der Waals surface area contributed by atoms with Gasteiger partial charge in [0, 0.05) is 18.3 Å². The molecule has 0 aromatic heterocycles. The normalized spacial score (nSPS) is 52.8. The molecule has 3 heteroatoms.